The van der Waals surface area contributed by atoms with Gasteiger partial charge in [-0.25, -0.2) is 12.8 Å². The van der Waals surface area contributed by atoms with Crippen molar-refractivity contribution in [2.75, 3.05) is 4.72 Å². The summed E-state index contributed by atoms with van der Waals surface area (Å²) in [5.74, 6) is -0.604. The summed E-state index contributed by atoms with van der Waals surface area (Å²) in [4.78, 5) is 12.7. The van der Waals surface area contributed by atoms with Crippen molar-refractivity contribution in [3.63, 3.8) is 0 Å². The Hall–Kier alpha value is -2.77. The minimum atomic E-state index is -3.77. The van der Waals surface area contributed by atoms with Crippen molar-refractivity contribution in [1.29, 1.82) is 0 Å². The predicted molar refractivity (Wildman–Crippen MR) is 101 cm³/mol. The minimum absolute atomic E-state index is 0.105. The van der Waals surface area contributed by atoms with Crippen molar-refractivity contribution < 1.29 is 17.6 Å². The summed E-state index contributed by atoms with van der Waals surface area (Å²) in [6.07, 6.45) is 2.99. The lowest BCUT2D eigenvalue weighted by Crippen LogP contribution is -2.11. The first kappa shape index (κ1) is 18.0. The van der Waals surface area contributed by atoms with Gasteiger partial charge in [-0.2, -0.15) is 0 Å². The number of nitrogens with one attached hydrogen (secondary N) is 1. The highest BCUT2D eigenvalue weighted by Gasteiger charge is 2.16. The fraction of sp³-hybridized carbons (Fsp3) is 0. The zero-order valence-corrected chi connectivity index (χ0v) is 15.1. The Morgan fingerprint density at radius 1 is 0.962 bits per heavy atom. The summed E-state index contributed by atoms with van der Waals surface area (Å²) in [6, 6.07) is 16.9. The molecule has 0 aliphatic heterocycles. The maximum absolute atomic E-state index is 12.9. The smallest absolute Gasteiger partial charge is 0.271 e. The third kappa shape index (κ3) is 4.44. The van der Waals surface area contributed by atoms with E-state index in [1.807, 2.05) is 6.07 Å². The fourth-order valence-corrected chi connectivity index (χ4v) is 4.44. The third-order valence-electron chi connectivity index (χ3n) is 3.42. The number of thiophene rings is 1. The SMILES string of the molecule is O=C(/C=C\c1ccc(S(=O)(=O)Nc2ccc(F)cc2)s1)c1ccccc1. The van der Waals surface area contributed by atoms with Gasteiger partial charge < -0.3 is 0 Å². The summed E-state index contributed by atoms with van der Waals surface area (Å²) >= 11 is 1.04. The molecule has 0 unspecified atom stereocenters. The number of carbonyl (C=O) groups is 1. The Morgan fingerprint density at radius 3 is 2.35 bits per heavy atom. The van der Waals surface area contributed by atoms with Gasteiger partial charge in [0.1, 0.15) is 10.0 Å². The zero-order chi connectivity index (χ0) is 18.6. The van der Waals surface area contributed by atoms with Gasteiger partial charge >= 0.3 is 0 Å². The van der Waals surface area contributed by atoms with Crippen LogP contribution in [0.3, 0.4) is 0 Å². The maximum atomic E-state index is 12.9. The largest absolute Gasteiger partial charge is 0.289 e. The van der Waals surface area contributed by atoms with Gasteiger partial charge in [0, 0.05) is 16.1 Å². The quantitative estimate of drug-likeness (QED) is 0.497. The number of carbonyl (C=O) groups excluding carboxylic acids is 1. The van der Waals surface area contributed by atoms with Crippen LogP contribution in [0.15, 0.2) is 77.0 Å². The number of allylic oxidation sites excluding steroid dienone is 1. The van der Waals surface area contributed by atoms with Crippen LogP contribution in [0.2, 0.25) is 0 Å². The molecule has 26 heavy (non-hydrogen) atoms. The lowest BCUT2D eigenvalue weighted by atomic mass is 10.1. The topological polar surface area (TPSA) is 63.2 Å². The van der Waals surface area contributed by atoms with E-state index in [9.17, 15) is 17.6 Å². The van der Waals surface area contributed by atoms with E-state index < -0.39 is 15.8 Å². The molecule has 0 amide bonds. The van der Waals surface area contributed by atoms with Crippen LogP contribution in [0.4, 0.5) is 10.1 Å². The molecule has 0 aliphatic carbocycles. The van der Waals surface area contributed by atoms with E-state index in [4.69, 9.17) is 0 Å². The number of anilines is 1. The molecule has 3 rings (SSSR count). The highest BCUT2D eigenvalue weighted by molar-refractivity contribution is 7.94. The number of hydrogen-bond acceptors (Lipinski definition) is 4. The number of rotatable bonds is 6. The standard InChI is InChI=1S/C19H14FNO3S2/c20-15-6-8-16(9-7-15)21-26(23,24)19-13-11-17(25-19)10-12-18(22)14-4-2-1-3-5-14/h1-13,21H/b12-10-. The molecule has 1 heterocycles. The van der Waals surface area contributed by atoms with Gasteiger partial charge in [-0.1, -0.05) is 30.3 Å². The molecule has 0 saturated heterocycles. The molecule has 3 aromatic rings. The second-order valence-corrected chi connectivity index (χ2v) is 8.36. The van der Waals surface area contributed by atoms with E-state index in [-0.39, 0.29) is 15.7 Å². The molecule has 0 radical (unpaired) electrons. The molecule has 0 spiro atoms. The average molecular weight is 387 g/mol. The van der Waals surface area contributed by atoms with Crippen LogP contribution < -0.4 is 4.72 Å². The van der Waals surface area contributed by atoms with Crippen LogP contribution in [0.5, 0.6) is 0 Å². The number of benzene rings is 2. The Morgan fingerprint density at radius 2 is 1.65 bits per heavy atom. The molecule has 1 N–H and O–H groups in total. The second kappa shape index (κ2) is 7.63. The molecular formula is C19H14FNO3S2. The number of halogens is 1. The Kier molecular flexibility index (Phi) is 5.29. The summed E-state index contributed by atoms with van der Waals surface area (Å²) < 4.78 is 40.2. The van der Waals surface area contributed by atoms with E-state index in [1.165, 1.54) is 36.4 Å². The van der Waals surface area contributed by atoms with Crippen molar-refractivity contribution in [2.24, 2.45) is 0 Å². The summed E-state index contributed by atoms with van der Waals surface area (Å²) in [5, 5.41) is 0. The summed E-state index contributed by atoms with van der Waals surface area (Å²) in [6.45, 7) is 0. The van der Waals surface area contributed by atoms with Crippen molar-refractivity contribution >= 4 is 38.9 Å². The highest BCUT2D eigenvalue weighted by Crippen LogP contribution is 2.25. The number of ketones is 1. The first-order chi connectivity index (χ1) is 12.4. The highest BCUT2D eigenvalue weighted by atomic mass is 32.2. The van der Waals surface area contributed by atoms with Gasteiger partial charge in [-0.05, 0) is 48.6 Å². The third-order valence-corrected chi connectivity index (χ3v) is 6.34. The van der Waals surface area contributed by atoms with Gasteiger partial charge in [0.25, 0.3) is 10.0 Å². The van der Waals surface area contributed by atoms with Gasteiger partial charge in [0.05, 0.1) is 0 Å². The maximum Gasteiger partial charge on any atom is 0.271 e. The summed E-state index contributed by atoms with van der Waals surface area (Å²) in [7, 11) is -3.77. The van der Waals surface area contributed by atoms with Crippen molar-refractivity contribution in [3.8, 4) is 0 Å². The summed E-state index contributed by atoms with van der Waals surface area (Å²) in [5.41, 5.74) is 0.835. The van der Waals surface area contributed by atoms with E-state index in [1.54, 1.807) is 36.4 Å². The lowest BCUT2D eigenvalue weighted by molar-refractivity contribution is 0.104. The lowest BCUT2D eigenvalue weighted by Gasteiger charge is -2.05. The van der Waals surface area contributed by atoms with E-state index in [0.29, 0.717) is 10.4 Å². The Bertz CT molecular complexity index is 1040. The van der Waals surface area contributed by atoms with Gasteiger partial charge in [0.2, 0.25) is 0 Å². The van der Waals surface area contributed by atoms with Gasteiger partial charge in [-0.3, -0.25) is 9.52 Å². The van der Waals surface area contributed by atoms with Crippen LogP contribution in [0.25, 0.3) is 6.08 Å². The van der Waals surface area contributed by atoms with E-state index >= 15 is 0 Å². The molecule has 0 fully saturated rings. The molecule has 4 nitrogen and oxygen atoms in total. The van der Waals surface area contributed by atoms with Crippen molar-refractivity contribution in [1.82, 2.24) is 0 Å². The van der Waals surface area contributed by atoms with E-state index in [2.05, 4.69) is 4.72 Å². The predicted octanol–water partition coefficient (Wildman–Crippen LogP) is 4.58. The first-order valence-corrected chi connectivity index (χ1v) is 9.90. The molecule has 0 bridgehead atoms. The normalized spacial score (nSPS) is 11.6. The number of sulfonamides is 1. The first-order valence-electron chi connectivity index (χ1n) is 7.60. The van der Waals surface area contributed by atoms with Crippen LogP contribution in [0, 0.1) is 5.82 Å². The monoisotopic (exact) mass is 387 g/mol. The van der Waals surface area contributed by atoms with Crippen molar-refractivity contribution in [2.45, 2.75) is 4.21 Å². The Labute approximate surface area is 154 Å². The molecular weight excluding hydrogens is 373 g/mol. The van der Waals surface area contributed by atoms with E-state index in [0.717, 1.165) is 11.3 Å². The fourth-order valence-electron chi connectivity index (χ4n) is 2.15. The van der Waals surface area contributed by atoms with Crippen LogP contribution in [-0.2, 0) is 10.0 Å². The molecule has 2 aromatic carbocycles. The minimum Gasteiger partial charge on any atom is -0.289 e. The molecule has 1 aromatic heterocycles. The number of hydrogen-bond donors (Lipinski definition) is 1. The average Bonchev–Trinajstić information content (AvgIpc) is 3.12. The van der Waals surface area contributed by atoms with Gasteiger partial charge in [-0.15, -0.1) is 11.3 Å². The van der Waals surface area contributed by atoms with Gasteiger partial charge in [0.15, 0.2) is 5.78 Å². The molecule has 0 aliphatic rings. The molecule has 0 atom stereocenters. The van der Waals surface area contributed by atoms with Crippen LogP contribution in [0.1, 0.15) is 15.2 Å². The molecule has 0 saturated carbocycles. The second-order valence-electron chi connectivity index (χ2n) is 5.33. The van der Waals surface area contributed by atoms with Crippen molar-refractivity contribution in [3.05, 3.63) is 89.1 Å². The van der Waals surface area contributed by atoms with Crippen LogP contribution in [-0.4, -0.2) is 14.2 Å². The van der Waals surface area contributed by atoms with Crippen LogP contribution >= 0.6 is 11.3 Å². The Balaban J connectivity index is 1.73. The zero-order valence-electron chi connectivity index (χ0n) is 13.4. The molecule has 132 valence electrons. The molecule has 7 heteroatoms.